The number of aromatic nitrogens is 2. The van der Waals surface area contributed by atoms with Gasteiger partial charge < -0.3 is 5.32 Å². The van der Waals surface area contributed by atoms with Gasteiger partial charge in [0.15, 0.2) is 17.3 Å². The van der Waals surface area contributed by atoms with Crippen LogP contribution in [0.4, 0.5) is 23.2 Å². The molecular weight excluding hydrogens is 498 g/mol. The highest BCUT2D eigenvalue weighted by Gasteiger charge is 2.31. The second-order valence-corrected chi connectivity index (χ2v) is 8.66. The maximum absolute atomic E-state index is 14.1. The van der Waals surface area contributed by atoms with Crippen LogP contribution in [0.2, 0.25) is 5.02 Å². The molecule has 0 bridgehead atoms. The second kappa shape index (κ2) is 8.99. The molecule has 1 N–H and O–H groups in total. The Morgan fingerprint density at radius 2 is 1.82 bits per heavy atom. The number of halogens is 5. The van der Waals surface area contributed by atoms with Gasteiger partial charge in [-0.1, -0.05) is 23.7 Å². The fraction of sp³-hybridized carbons (Fsp3) is 0.0455. The molecule has 174 valence electrons. The van der Waals surface area contributed by atoms with Gasteiger partial charge in [-0.2, -0.15) is 22.4 Å². The lowest BCUT2D eigenvalue weighted by Gasteiger charge is -2.10. The molecule has 0 radical (unpaired) electrons. The van der Waals surface area contributed by atoms with Gasteiger partial charge in [-0.05, 0) is 48.5 Å². The van der Waals surface area contributed by atoms with Crippen molar-refractivity contribution in [2.24, 2.45) is 0 Å². The number of nitrogens with zero attached hydrogens (tertiary/aromatic N) is 2. The Hall–Kier alpha value is -3.57. The number of fused-ring (bicyclic) bond motifs is 1. The van der Waals surface area contributed by atoms with Crippen molar-refractivity contribution in [2.45, 2.75) is 11.1 Å². The normalized spacial score (nSPS) is 12.5. The Morgan fingerprint density at radius 3 is 2.50 bits per heavy atom. The van der Waals surface area contributed by atoms with Crippen molar-refractivity contribution < 1.29 is 31.4 Å². The molecule has 0 fully saturated rings. The smallest absolute Gasteiger partial charge is 0.322 e. The maximum atomic E-state index is 14.1. The van der Waals surface area contributed by atoms with Crippen molar-refractivity contribution in [1.29, 1.82) is 0 Å². The van der Waals surface area contributed by atoms with E-state index in [2.05, 4.69) is 10.4 Å². The van der Waals surface area contributed by atoms with E-state index in [1.807, 2.05) is 0 Å². The summed E-state index contributed by atoms with van der Waals surface area (Å²) in [6.45, 7) is 0. The Morgan fingerprint density at radius 1 is 1.09 bits per heavy atom. The molecule has 3 aromatic carbocycles. The topological polar surface area (TPSA) is 81.1 Å². The number of amides is 1. The number of carbonyl (C=O) groups is 2. The number of alkyl halides is 3. The molecule has 0 aliphatic heterocycles. The molecule has 0 spiro atoms. The summed E-state index contributed by atoms with van der Waals surface area (Å²) in [6.07, 6.45) is -4.24. The summed E-state index contributed by atoms with van der Waals surface area (Å²) in [5.74, 6) is -1.70. The van der Waals surface area contributed by atoms with E-state index in [1.54, 1.807) is 0 Å². The minimum Gasteiger partial charge on any atom is -0.322 e. The highest BCUT2D eigenvalue weighted by atomic mass is 35.5. The Bertz CT molecular complexity index is 1450. The van der Waals surface area contributed by atoms with Crippen molar-refractivity contribution in [3.8, 4) is 0 Å². The molecule has 4 rings (SSSR count). The van der Waals surface area contributed by atoms with E-state index in [1.165, 1.54) is 36.4 Å². The van der Waals surface area contributed by atoms with Crippen molar-refractivity contribution in [2.75, 3.05) is 5.32 Å². The van der Waals surface area contributed by atoms with E-state index in [0.29, 0.717) is 6.29 Å². The molecule has 4 aromatic rings. The van der Waals surface area contributed by atoms with E-state index < -0.39 is 34.4 Å². The van der Waals surface area contributed by atoms with Gasteiger partial charge in [0.1, 0.15) is 11.5 Å². The van der Waals surface area contributed by atoms with Crippen LogP contribution in [0.1, 0.15) is 26.4 Å². The van der Waals surface area contributed by atoms with E-state index in [4.69, 9.17) is 11.6 Å². The summed E-state index contributed by atoms with van der Waals surface area (Å²) in [5.41, 5.74) is -1.28. The first-order valence-electron chi connectivity index (χ1n) is 9.43. The molecular formula is C22H12ClF4N3O3S. The van der Waals surface area contributed by atoms with Crippen LogP contribution in [0.3, 0.4) is 0 Å². The van der Waals surface area contributed by atoms with Crippen LogP contribution in [0.5, 0.6) is 0 Å². The average Bonchev–Trinajstić information content (AvgIpc) is 3.16. The molecule has 1 heterocycles. The number of nitrogens with one attached hydrogen (secondary N) is 1. The fourth-order valence-corrected chi connectivity index (χ4v) is 4.56. The predicted octanol–water partition coefficient (Wildman–Crippen LogP) is 5.48. The minimum absolute atomic E-state index is 0.0928. The Labute approximate surface area is 196 Å². The molecule has 1 atom stereocenters. The van der Waals surface area contributed by atoms with Gasteiger partial charge in [0.05, 0.1) is 26.6 Å². The molecule has 6 nitrogen and oxygen atoms in total. The highest BCUT2D eigenvalue weighted by Crippen LogP contribution is 2.31. The predicted molar refractivity (Wildman–Crippen MR) is 118 cm³/mol. The maximum Gasteiger partial charge on any atom is 0.416 e. The van der Waals surface area contributed by atoms with Gasteiger partial charge in [-0.25, -0.2) is 8.60 Å². The van der Waals surface area contributed by atoms with Crippen molar-refractivity contribution in [3.05, 3.63) is 88.3 Å². The summed E-state index contributed by atoms with van der Waals surface area (Å²) >= 11 is 5.91. The summed E-state index contributed by atoms with van der Waals surface area (Å²) in [6, 6.07) is 11.7. The van der Waals surface area contributed by atoms with Crippen LogP contribution in [-0.4, -0.2) is 25.6 Å². The number of benzene rings is 3. The van der Waals surface area contributed by atoms with Crippen LogP contribution in [0, 0.1) is 5.82 Å². The highest BCUT2D eigenvalue weighted by molar-refractivity contribution is 7.83. The van der Waals surface area contributed by atoms with Crippen molar-refractivity contribution in [1.82, 2.24) is 9.19 Å². The number of hydrogen-bond acceptors (Lipinski definition) is 4. The van der Waals surface area contributed by atoms with Gasteiger partial charge in [-0.3, -0.25) is 9.59 Å². The van der Waals surface area contributed by atoms with E-state index in [9.17, 15) is 31.4 Å². The van der Waals surface area contributed by atoms with Gasteiger partial charge in [-0.15, -0.1) is 0 Å². The number of carbonyl (C=O) groups excluding carboxylic acids is 2. The first-order chi connectivity index (χ1) is 16.1. The average molecular weight is 510 g/mol. The standard InChI is InChI=1S/C22H12ClF4N3O3S/c23-16-5-2-6-17(24)20(16)21(32)28-13-7-8-15-18(11-31)29-30(19(15)10-13)34(33)14-4-1-3-12(9-14)22(25,26)27/h1-11H,(H,28,32). The number of aldehydes is 1. The van der Waals surface area contributed by atoms with Crippen LogP contribution in [-0.2, 0) is 17.2 Å². The third kappa shape index (κ3) is 4.44. The molecule has 1 unspecified atom stereocenters. The third-order valence-electron chi connectivity index (χ3n) is 4.76. The molecule has 0 saturated carbocycles. The first-order valence-corrected chi connectivity index (χ1v) is 10.9. The zero-order chi connectivity index (χ0) is 24.6. The molecule has 1 amide bonds. The lowest BCUT2D eigenvalue weighted by molar-refractivity contribution is -0.137. The summed E-state index contributed by atoms with van der Waals surface area (Å²) < 4.78 is 67.2. The fourth-order valence-electron chi connectivity index (χ4n) is 3.19. The van der Waals surface area contributed by atoms with Crippen LogP contribution < -0.4 is 5.32 Å². The molecule has 12 heteroatoms. The van der Waals surface area contributed by atoms with Gasteiger partial charge in [0, 0.05) is 11.1 Å². The summed E-state index contributed by atoms with van der Waals surface area (Å²) in [4.78, 5) is 23.8. The molecule has 34 heavy (non-hydrogen) atoms. The van der Waals surface area contributed by atoms with E-state index in [0.717, 1.165) is 28.4 Å². The molecule has 0 aliphatic carbocycles. The minimum atomic E-state index is -4.65. The largest absolute Gasteiger partial charge is 0.416 e. The molecule has 1 aromatic heterocycles. The van der Waals surface area contributed by atoms with Gasteiger partial charge in [0.25, 0.3) is 5.91 Å². The van der Waals surface area contributed by atoms with E-state index >= 15 is 0 Å². The molecule has 0 aliphatic rings. The summed E-state index contributed by atoms with van der Waals surface area (Å²) in [7, 11) is -2.26. The Balaban J connectivity index is 1.76. The zero-order valence-electron chi connectivity index (χ0n) is 16.8. The van der Waals surface area contributed by atoms with Crippen LogP contribution >= 0.6 is 11.6 Å². The van der Waals surface area contributed by atoms with Gasteiger partial charge in [0.2, 0.25) is 0 Å². The monoisotopic (exact) mass is 509 g/mol. The quantitative estimate of drug-likeness (QED) is 0.285. The zero-order valence-corrected chi connectivity index (χ0v) is 18.3. The first kappa shape index (κ1) is 23.6. The number of rotatable bonds is 5. The van der Waals surface area contributed by atoms with Gasteiger partial charge >= 0.3 is 6.18 Å². The lowest BCUT2D eigenvalue weighted by atomic mass is 10.1. The van der Waals surface area contributed by atoms with Crippen LogP contribution in [0.15, 0.2) is 65.6 Å². The number of hydrogen-bond donors (Lipinski definition) is 1. The Kier molecular flexibility index (Phi) is 6.24. The van der Waals surface area contributed by atoms with E-state index in [-0.39, 0.29) is 37.8 Å². The van der Waals surface area contributed by atoms with Crippen molar-refractivity contribution >= 4 is 51.4 Å². The number of anilines is 1. The van der Waals surface area contributed by atoms with Crippen LogP contribution in [0.25, 0.3) is 10.9 Å². The second-order valence-electron chi connectivity index (χ2n) is 6.93. The molecule has 0 saturated heterocycles. The lowest BCUT2D eigenvalue weighted by Crippen LogP contribution is -2.14. The SMILES string of the molecule is O=Cc1nn(S(=O)c2cccc(C(F)(F)F)c2)c2cc(NC(=O)c3c(F)cccc3Cl)ccc12. The summed E-state index contributed by atoms with van der Waals surface area (Å²) in [5, 5.41) is 6.54. The third-order valence-corrected chi connectivity index (χ3v) is 6.32. The van der Waals surface area contributed by atoms with Crippen molar-refractivity contribution in [3.63, 3.8) is 0 Å².